The van der Waals surface area contributed by atoms with Crippen LogP contribution >= 0.6 is 0 Å². The second-order valence-corrected chi connectivity index (χ2v) is 9.73. The van der Waals surface area contributed by atoms with Crippen molar-refractivity contribution in [2.24, 2.45) is 17.8 Å². The Morgan fingerprint density at radius 1 is 0.333 bits per heavy atom. The van der Waals surface area contributed by atoms with Crippen molar-refractivity contribution in [1.29, 1.82) is 0 Å². The number of rotatable bonds is 15. The highest BCUT2D eigenvalue weighted by molar-refractivity contribution is 4.48. The third-order valence-electron chi connectivity index (χ3n) is 4.91. The van der Waals surface area contributed by atoms with Crippen molar-refractivity contribution in [2.75, 3.05) is 0 Å². The van der Waals surface area contributed by atoms with Crippen molar-refractivity contribution >= 4 is 0 Å². The minimum atomic E-state index is 0.903. The van der Waals surface area contributed by atoms with E-state index in [1.807, 2.05) is 0 Å². The van der Waals surface area contributed by atoms with Gasteiger partial charge < -0.3 is 0 Å². The third kappa shape index (κ3) is 46.2. The Balaban J connectivity index is -0.000000329. The minimum absolute atomic E-state index is 0.903. The molecular weight excluding hydrogens is 324 g/mol. The van der Waals surface area contributed by atoms with Gasteiger partial charge in [-0.3, -0.25) is 0 Å². The number of hydrogen-bond donors (Lipinski definition) is 0. The van der Waals surface area contributed by atoms with Crippen molar-refractivity contribution in [3.8, 4) is 0 Å². The van der Waals surface area contributed by atoms with E-state index in [4.69, 9.17) is 0 Å². The molecule has 0 aliphatic rings. The van der Waals surface area contributed by atoms with E-state index in [1.54, 1.807) is 0 Å². The number of unbranched alkanes of at least 4 members (excludes halogenated alkanes) is 9. The molecule has 168 valence electrons. The molecule has 0 atom stereocenters. The summed E-state index contributed by atoms with van der Waals surface area (Å²) in [6.45, 7) is 20.5. The van der Waals surface area contributed by atoms with Gasteiger partial charge in [-0.1, -0.05) is 159 Å². The first-order valence-corrected chi connectivity index (χ1v) is 12.8. The van der Waals surface area contributed by atoms with E-state index in [2.05, 4.69) is 62.3 Å². The summed E-state index contributed by atoms with van der Waals surface area (Å²) in [5.41, 5.74) is 0. The molecule has 0 unspecified atom stereocenters. The van der Waals surface area contributed by atoms with Gasteiger partial charge in [0.05, 0.1) is 0 Å². The van der Waals surface area contributed by atoms with Gasteiger partial charge in [-0.2, -0.15) is 0 Å². The van der Waals surface area contributed by atoms with Crippen LogP contribution in [-0.2, 0) is 0 Å². The lowest BCUT2D eigenvalue weighted by Crippen LogP contribution is -1.86. The fourth-order valence-corrected chi connectivity index (χ4v) is 2.92. The molecule has 0 amide bonds. The van der Waals surface area contributed by atoms with E-state index in [1.165, 1.54) is 96.3 Å². The van der Waals surface area contributed by atoms with Crippen molar-refractivity contribution in [3.05, 3.63) is 0 Å². The minimum Gasteiger partial charge on any atom is -0.0654 e. The summed E-state index contributed by atoms with van der Waals surface area (Å²) in [6.07, 6.45) is 21.3. The van der Waals surface area contributed by atoms with Crippen LogP contribution in [0.25, 0.3) is 0 Å². The maximum Gasteiger partial charge on any atom is -0.0471 e. The van der Waals surface area contributed by atoms with Gasteiger partial charge in [-0.05, 0) is 17.8 Å². The molecule has 0 radical (unpaired) electrons. The van der Waals surface area contributed by atoms with Crippen molar-refractivity contribution in [3.63, 3.8) is 0 Å². The molecule has 0 aromatic carbocycles. The molecule has 0 aliphatic carbocycles. The van der Waals surface area contributed by atoms with Crippen molar-refractivity contribution in [2.45, 2.75) is 159 Å². The Morgan fingerprint density at radius 3 is 0.889 bits per heavy atom. The van der Waals surface area contributed by atoms with Crippen LogP contribution in [0, 0.1) is 17.8 Å². The molecule has 0 saturated carbocycles. The number of hydrogen-bond acceptors (Lipinski definition) is 0. The fraction of sp³-hybridized carbons (Fsp3) is 1.00. The first-order valence-electron chi connectivity index (χ1n) is 12.8. The lowest BCUT2D eigenvalue weighted by atomic mass is 10.0. The van der Waals surface area contributed by atoms with Gasteiger partial charge in [0.1, 0.15) is 0 Å². The SMILES string of the molecule is CCCCC(C)C.CCCCCCC(C)C.CCCCCCCCC(C)C. The Kier molecular flexibility index (Phi) is 33.1. The highest BCUT2D eigenvalue weighted by atomic mass is 14.0. The molecule has 27 heavy (non-hydrogen) atoms. The zero-order chi connectivity index (χ0) is 21.3. The monoisotopic (exact) mass is 384 g/mol. The molecule has 0 nitrogen and oxygen atoms in total. The molecule has 0 aliphatic heterocycles. The van der Waals surface area contributed by atoms with E-state index in [-0.39, 0.29) is 0 Å². The molecule has 0 rings (SSSR count). The summed E-state index contributed by atoms with van der Waals surface area (Å²) in [4.78, 5) is 0. The third-order valence-corrected chi connectivity index (χ3v) is 4.91. The quantitative estimate of drug-likeness (QED) is 0.246. The second-order valence-electron chi connectivity index (χ2n) is 9.73. The Hall–Kier alpha value is 0. The zero-order valence-corrected chi connectivity index (χ0v) is 21.3. The lowest BCUT2D eigenvalue weighted by molar-refractivity contribution is 0.514. The van der Waals surface area contributed by atoms with Gasteiger partial charge in [0.2, 0.25) is 0 Å². The molecule has 0 N–H and O–H groups in total. The summed E-state index contributed by atoms with van der Waals surface area (Å²) in [5, 5.41) is 0. The van der Waals surface area contributed by atoms with E-state index < -0.39 is 0 Å². The molecule has 0 fully saturated rings. The van der Waals surface area contributed by atoms with Crippen molar-refractivity contribution in [1.82, 2.24) is 0 Å². The van der Waals surface area contributed by atoms with Gasteiger partial charge in [-0.25, -0.2) is 0 Å². The molecule has 0 spiro atoms. The maximum absolute atomic E-state index is 2.31. The molecular formula is C27H60. The predicted octanol–water partition coefficient (Wildman–Crippen LogP) is 10.8. The largest absolute Gasteiger partial charge is 0.0654 e. The topological polar surface area (TPSA) is 0 Å². The van der Waals surface area contributed by atoms with Gasteiger partial charge >= 0.3 is 0 Å². The Morgan fingerprint density at radius 2 is 0.593 bits per heavy atom. The lowest BCUT2D eigenvalue weighted by Gasteiger charge is -2.03. The van der Waals surface area contributed by atoms with Crippen molar-refractivity contribution < 1.29 is 0 Å². The average molecular weight is 385 g/mol. The maximum atomic E-state index is 2.31. The highest BCUT2D eigenvalue weighted by Gasteiger charge is 1.93. The Bertz CT molecular complexity index is 214. The molecule has 0 heterocycles. The standard InChI is InChI=1S/C11H24.C9H20.C7H16/c1-4-5-6-7-8-9-10-11(2)3;1-4-5-6-7-8-9(2)3;1-4-5-6-7(2)3/h11H,4-10H2,1-3H3;9H,4-8H2,1-3H3;7H,4-6H2,1-3H3. The van der Waals surface area contributed by atoms with Crippen LogP contribution in [0.4, 0.5) is 0 Å². The normalized spacial score (nSPS) is 10.7. The zero-order valence-electron chi connectivity index (χ0n) is 21.3. The molecule has 0 heteroatoms. The highest BCUT2D eigenvalue weighted by Crippen LogP contribution is 2.11. The fourth-order valence-electron chi connectivity index (χ4n) is 2.92. The van der Waals surface area contributed by atoms with Crippen LogP contribution < -0.4 is 0 Å². The molecule has 0 bridgehead atoms. The van der Waals surface area contributed by atoms with E-state index >= 15 is 0 Å². The van der Waals surface area contributed by atoms with E-state index in [0.717, 1.165) is 17.8 Å². The first-order chi connectivity index (χ1) is 12.8. The van der Waals surface area contributed by atoms with Crippen LogP contribution in [0.15, 0.2) is 0 Å². The second kappa shape index (κ2) is 28.2. The van der Waals surface area contributed by atoms with Crippen LogP contribution in [0.1, 0.15) is 159 Å². The van der Waals surface area contributed by atoms with Gasteiger partial charge in [0, 0.05) is 0 Å². The first kappa shape index (κ1) is 31.7. The van der Waals surface area contributed by atoms with Crippen LogP contribution in [0.3, 0.4) is 0 Å². The average Bonchev–Trinajstić information content (AvgIpc) is 2.60. The van der Waals surface area contributed by atoms with Crippen LogP contribution in [-0.4, -0.2) is 0 Å². The summed E-state index contributed by atoms with van der Waals surface area (Å²) >= 11 is 0. The summed E-state index contributed by atoms with van der Waals surface area (Å²) in [5.74, 6) is 2.71. The summed E-state index contributed by atoms with van der Waals surface area (Å²) < 4.78 is 0. The summed E-state index contributed by atoms with van der Waals surface area (Å²) in [6, 6.07) is 0. The van der Waals surface area contributed by atoms with Crippen LogP contribution in [0.2, 0.25) is 0 Å². The predicted molar refractivity (Wildman–Crippen MR) is 131 cm³/mol. The van der Waals surface area contributed by atoms with Gasteiger partial charge in [0.25, 0.3) is 0 Å². The van der Waals surface area contributed by atoms with Gasteiger partial charge in [0.15, 0.2) is 0 Å². The molecule has 0 saturated heterocycles. The van der Waals surface area contributed by atoms with Gasteiger partial charge in [-0.15, -0.1) is 0 Å². The molecule has 0 aromatic heterocycles. The summed E-state index contributed by atoms with van der Waals surface area (Å²) in [7, 11) is 0. The van der Waals surface area contributed by atoms with Crippen LogP contribution in [0.5, 0.6) is 0 Å². The molecule has 0 aromatic rings. The smallest absolute Gasteiger partial charge is 0.0471 e. The van der Waals surface area contributed by atoms with E-state index in [0.29, 0.717) is 0 Å². The Labute approximate surface area is 176 Å². The van der Waals surface area contributed by atoms with E-state index in [9.17, 15) is 0 Å².